The molecule has 1 heterocycles. The molecule has 1 N–H and O–H groups in total. The number of rotatable bonds is 4. The van der Waals surface area contributed by atoms with E-state index in [1.165, 1.54) is 0 Å². The minimum atomic E-state index is -0.492. The molecule has 1 atom stereocenters. The van der Waals surface area contributed by atoms with Crippen molar-refractivity contribution in [3.05, 3.63) is 35.9 Å². The number of carbonyl (C=O) groups is 2. The summed E-state index contributed by atoms with van der Waals surface area (Å²) in [6.45, 7) is 3.96. The summed E-state index contributed by atoms with van der Waals surface area (Å²) in [5, 5.41) is 3.42. The zero-order chi connectivity index (χ0) is 13.1. The largest absolute Gasteiger partial charge is 0.349 e. The lowest BCUT2D eigenvalue weighted by atomic mass is 10.1. The van der Waals surface area contributed by atoms with Crippen molar-refractivity contribution < 1.29 is 14.4 Å². The number of carbonyl (C=O) groups excluding carboxylic acids is 2. The maximum Gasteiger partial charge on any atom is 0.349 e. The van der Waals surface area contributed by atoms with Gasteiger partial charge in [0.2, 0.25) is 0 Å². The normalized spacial score (nSPS) is 19.5. The number of urea groups is 1. The average Bonchev–Trinajstić information content (AvgIpc) is 2.64. The molecule has 1 aromatic carbocycles. The lowest BCUT2D eigenvalue weighted by Crippen LogP contribution is -2.34. The molecule has 1 aromatic rings. The van der Waals surface area contributed by atoms with E-state index in [1.54, 1.807) is 0 Å². The van der Waals surface area contributed by atoms with Gasteiger partial charge in [-0.25, -0.2) is 4.79 Å². The summed E-state index contributed by atoms with van der Waals surface area (Å²) in [7, 11) is 0. The van der Waals surface area contributed by atoms with Gasteiger partial charge in [-0.1, -0.05) is 44.2 Å². The summed E-state index contributed by atoms with van der Waals surface area (Å²) < 4.78 is 0. The summed E-state index contributed by atoms with van der Waals surface area (Å²) in [5.41, 5.74) is 0.908. The van der Waals surface area contributed by atoms with E-state index in [9.17, 15) is 9.59 Å². The van der Waals surface area contributed by atoms with Gasteiger partial charge in [0.25, 0.3) is 5.91 Å². The Kier molecular flexibility index (Phi) is 3.62. The number of hydrogen-bond donors (Lipinski definition) is 1. The highest BCUT2D eigenvalue weighted by Crippen LogP contribution is 2.15. The van der Waals surface area contributed by atoms with Crippen molar-refractivity contribution >= 4 is 11.9 Å². The first-order chi connectivity index (χ1) is 8.59. The number of hydrogen-bond acceptors (Lipinski definition) is 3. The van der Waals surface area contributed by atoms with Crippen LogP contribution in [0.4, 0.5) is 4.79 Å². The van der Waals surface area contributed by atoms with E-state index in [1.807, 2.05) is 44.2 Å². The van der Waals surface area contributed by atoms with Crippen molar-refractivity contribution in [3.8, 4) is 0 Å². The summed E-state index contributed by atoms with van der Waals surface area (Å²) in [4.78, 5) is 28.8. The van der Waals surface area contributed by atoms with Crippen LogP contribution in [0.5, 0.6) is 0 Å². The maximum atomic E-state index is 11.9. The highest BCUT2D eigenvalue weighted by Gasteiger charge is 2.40. The fourth-order valence-corrected chi connectivity index (χ4v) is 1.77. The van der Waals surface area contributed by atoms with Crippen LogP contribution in [0.1, 0.15) is 19.4 Å². The Morgan fingerprint density at radius 3 is 2.50 bits per heavy atom. The molecular weight excluding hydrogens is 232 g/mol. The zero-order valence-corrected chi connectivity index (χ0v) is 10.4. The van der Waals surface area contributed by atoms with Crippen LogP contribution in [0.2, 0.25) is 0 Å². The first-order valence-corrected chi connectivity index (χ1v) is 5.91. The minimum Gasteiger partial charge on any atom is -0.324 e. The molecule has 2 rings (SSSR count). The summed E-state index contributed by atoms with van der Waals surface area (Å²) >= 11 is 0. The molecule has 0 aromatic heterocycles. The van der Waals surface area contributed by atoms with Gasteiger partial charge < -0.3 is 5.32 Å². The maximum absolute atomic E-state index is 11.9. The number of imide groups is 1. The van der Waals surface area contributed by atoms with Crippen LogP contribution in [0.25, 0.3) is 0 Å². The molecule has 0 aliphatic carbocycles. The van der Waals surface area contributed by atoms with Crippen molar-refractivity contribution in [2.24, 2.45) is 5.92 Å². The third-order valence-electron chi connectivity index (χ3n) is 2.80. The third-order valence-corrected chi connectivity index (χ3v) is 2.80. The molecule has 0 radical (unpaired) electrons. The molecule has 0 unspecified atom stereocenters. The van der Waals surface area contributed by atoms with Crippen molar-refractivity contribution in [3.63, 3.8) is 0 Å². The van der Waals surface area contributed by atoms with Crippen molar-refractivity contribution in [2.75, 3.05) is 0 Å². The molecule has 5 heteroatoms. The van der Waals surface area contributed by atoms with Gasteiger partial charge in [-0.15, -0.1) is 5.06 Å². The third kappa shape index (κ3) is 2.51. The number of nitrogens with one attached hydrogen (secondary N) is 1. The molecular formula is C13H16N2O3. The predicted molar refractivity (Wildman–Crippen MR) is 65.2 cm³/mol. The first-order valence-electron chi connectivity index (χ1n) is 5.91. The second-order valence-electron chi connectivity index (χ2n) is 4.56. The smallest absolute Gasteiger partial charge is 0.324 e. The summed E-state index contributed by atoms with van der Waals surface area (Å²) in [6, 6.07) is 8.41. The van der Waals surface area contributed by atoms with Gasteiger partial charge in [0.05, 0.1) is 0 Å². The van der Waals surface area contributed by atoms with E-state index >= 15 is 0 Å². The Bertz CT molecular complexity index is 445. The van der Waals surface area contributed by atoms with E-state index < -0.39 is 12.1 Å². The van der Waals surface area contributed by atoms with E-state index in [4.69, 9.17) is 4.84 Å². The van der Waals surface area contributed by atoms with Crippen LogP contribution in [0.15, 0.2) is 30.3 Å². The number of hydroxylamine groups is 2. The van der Waals surface area contributed by atoms with Gasteiger partial charge in [-0.05, 0) is 11.5 Å². The quantitative estimate of drug-likeness (QED) is 0.825. The van der Waals surface area contributed by atoms with Gasteiger partial charge in [0.15, 0.2) is 0 Å². The Balaban J connectivity index is 1.98. The molecule has 5 nitrogen and oxygen atoms in total. The lowest BCUT2D eigenvalue weighted by molar-refractivity contribution is -0.167. The van der Waals surface area contributed by atoms with E-state index in [0.717, 1.165) is 10.6 Å². The second-order valence-corrected chi connectivity index (χ2v) is 4.56. The Morgan fingerprint density at radius 2 is 1.94 bits per heavy atom. The van der Waals surface area contributed by atoms with E-state index in [-0.39, 0.29) is 18.4 Å². The SMILES string of the molecule is CC(C)[C@@H]1NC(=O)N(OCc2ccccc2)C1=O. The number of nitrogens with zero attached hydrogens (tertiary/aromatic N) is 1. The molecule has 0 bridgehead atoms. The molecule has 1 aliphatic heterocycles. The van der Waals surface area contributed by atoms with Crippen LogP contribution in [-0.4, -0.2) is 23.0 Å². The first kappa shape index (κ1) is 12.6. The minimum absolute atomic E-state index is 0.0479. The molecule has 1 fully saturated rings. The molecule has 18 heavy (non-hydrogen) atoms. The average molecular weight is 248 g/mol. The van der Waals surface area contributed by atoms with Crippen LogP contribution >= 0.6 is 0 Å². The van der Waals surface area contributed by atoms with Gasteiger partial charge in [-0.3, -0.25) is 9.63 Å². The zero-order valence-electron chi connectivity index (χ0n) is 10.4. The van der Waals surface area contributed by atoms with Crippen molar-refractivity contribution in [1.29, 1.82) is 0 Å². The summed E-state index contributed by atoms with van der Waals surface area (Å²) in [6.07, 6.45) is 0. The fourth-order valence-electron chi connectivity index (χ4n) is 1.77. The van der Waals surface area contributed by atoms with Crippen molar-refractivity contribution in [1.82, 2.24) is 10.4 Å². The monoisotopic (exact) mass is 248 g/mol. The second kappa shape index (κ2) is 5.18. The van der Waals surface area contributed by atoms with Gasteiger partial charge in [0, 0.05) is 0 Å². The Morgan fingerprint density at radius 1 is 1.28 bits per heavy atom. The van der Waals surface area contributed by atoms with Crippen molar-refractivity contribution in [2.45, 2.75) is 26.5 Å². The summed E-state index contributed by atoms with van der Waals surface area (Å²) in [5.74, 6) is -0.280. The van der Waals surface area contributed by atoms with Crippen LogP contribution in [-0.2, 0) is 16.2 Å². The molecule has 3 amide bonds. The standard InChI is InChI=1S/C13H16N2O3/c1-9(2)11-12(16)15(13(17)14-11)18-8-10-6-4-3-5-7-10/h3-7,9,11H,8H2,1-2H3,(H,14,17)/t11-/m0/s1. The van der Waals surface area contributed by atoms with Crippen LogP contribution in [0.3, 0.4) is 0 Å². The fraction of sp³-hybridized carbons (Fsp3) is 0.385. The van der Waals surface area contributed by atoms with E-state index in [2.05, 4.69) is 5.32 Å². The molecule has 0 saturated carbocycles. The molecule has 0 spiro atoms. The van der Waals surface area contributed by atoms with Crippen LogP contribution in [0, 0.1) is 5.92 Å². The molecule has 96 valence electrons. The number of benzene rings is 1. The van der Waals surface area contributed by atoms with Crippen LogP contribution < -0.4 is 5.32 Å². The predicted octanol–water partition coefficient (Wildman–Crippen LogP) is 1.69. The highest BCUT2D eigenvalue weighted by atomic mass is 16.7. The van der Waals surface area contributed by atoms with Gasteiger partial charge in [-0.2, -0.15) is 0 Å². The highest BCUT2D eigenvalue weighted by molar-refractivity contribution is 6.03. The number of amides is 3. The molecule has 1 aliphatic rings. The topological polar surface area (TPSA) is 58.6 Å². The van der Waals surface area contributed by atoms with E-state index in [0.29, 0.717) is 0 Å². The van der Waals surface area contributed by atoms with Gasteiger partial charge >= 0.3 is 6.03 Å². The Labute approximate surface area is 106 Å². The molecule has 1 saturated heterocycles. The lowest BCUT2D eigenvalue weighted by Gasteiger charge is -2.13. The van der Waals surface area contributed by atoms with Gasteiger partial charge in [0.1, 0.15) is 12.6 Å². The Hall–Kier alpha value is -1.88.